The molecule has 1 rings (SSSR count). The maximum atomic E-state index is 5.74. The van der Waals surface area contributed by atoms with Crippen LogP contribution in [0.15, 0.2) is 6.07 Å². The van der Waals surface area contributed by atoms with Crippen LogP contribution in [0.1, 0.15) is 45.5 Å². The van der Waals surface area contributed by atoms with Crippen LogP contribution in [0.25, 0.3) is 0 Å². The molecule has 4 heteroatoms. The fraction of sp³-hybridized carbons (Fsp3) is 0.692. The Hall–Kier alpha value is -0.900. The van der Waals surface area contributed by atoms with Gasteiger partial charge in [0.15, 0.2) is 0 Å². The number of thiocarbonyl (C=S) groups is 1. The highest BCUT2D eigenvalue weighted by molar-refractivity contribution is 7.80. The molecule has 0 radical (unpaired) electrons. The van der Waals surface area contributed by atoms with E-state index in [1.165, 1.54) is 5.69 Å². The van der Waals surface area contributed by atoms with Crippen molar-refractivity contribution < 1.29 is 0 Å². The van der Waals surface area contributed by atoms with Gasteiger partial charge in [-0.05, 0) is 25.3 Å². The number of nitrogens with two attached hydrogens (primary N) is 1. The largest absolute Gasteiger partial charge is 0.393 e. The summed E-state index contributed by atoms with van der Waals surface area (Å²) in [4.78, 5) is 0.582. The van der Waals surface area contributed by atoms with Gasteiger partial charge in [-0.2, -0.15) is 5.10 Å². The molecule has 0 saturated carbocycles. The van der Waals surface area contributed by atoms with Crippen molar-refractivity contribution in [3.05, 3.63) is 17.5 Å². The third-order valence-corrected chi connectivity index (χ3v) is 3.81. The first-order valence-electron chi connectivity index (χ1n) is 6.26. The van der Waals surface area contributed by atoms with Crippen molar-refractivity contribution in [3.8, 4) is 0 Å². The topological polar surface area (TPSA) is 43.8 Å². The van der Waals surface area contributed by atoms with Gasteiger partial charge in [0, 0.05) is 17.7 Å². The molecule has 0 aliphatic heterocycles. The number of aryl methyl sites for hydroxylation is 3. The predicted octanol–water partition coefficient (Wildman–Crippen LogP) is 2.71. The summed E-state index contributed by atoms with van der Waals surface area (Å²) in [6.07, 6.45) is 2.93. The van der Waals surface area contributed by atoms with Gasteiger partial charge in [0.1, 0.15) is 0 Å². The van der Waals surface area contributed by atoms with Crippen molar-refractivity contribution in [3.63, 3.8) is 0 Å². The summed E-state index contributed by atoms with van der Waals surface area (Å²) in [5, 5.41) is 4.59. The van der Waals surface area contributed by atoms with Crippen molar-refractivity contribution >= 4 is 17.2 Å². The molecule has 0 atom stereocenters. The van der Waals surface area contributed by atoms with E-state index < -0.39 is 0 Å². The van der Waals surface area contributed by atoms with Crippen LogP contribution < -0.4 is 5.73 Å². The number of rotatable bonds is 6. The predicted molar refractivity (Wildman–Crippen MR) is 76.2 cm³/mol. The number of aromatic nitrogens is 2. The van der Waals surface area contributed by atoms with Crippen LogP contribution >= 0.6 is 12.2 Å². The maximum Gasteiger partial charge on any atom is 0.0785 e. The normalized spacial score (nSPS) is 11.8. The monoisotopic (exact) mass is 253 g/mol. The number of nitrogens with zero attached hydrogens (tertiary/aromatic N) is 2. The highest BCUT2D eigenvalue weighted by Gasteiger charge is 2.21. The van der Waals surface area contributed by atoms with E-state index in [1.807, 2.05) is 0 Å². The molecule has 1 aromatic rings. The molecule has 1 heterocycles. The lowest BCUT2D eigenvalue weighted by Gasteiger charge is -2.23. The smallest absolute Gasteiger partial charge is 0.0785 e. The molecule has 0 spiro atoms. The Morgan fingerprint density at radius 3 is 2.53 bits per heavy atom. The fourth-order valence-electron chi connectivity index (χ4n) is 1.67. The molecule has 0 aliphatic carbocycles. The Morgan fingerprint density at radius 1 is 1.41 bits per heavy atom. The van der Waals surface area contributed by atoms with E-state index in [4.69, 9.17) is 18.0 Å². The summed E-state index contributed by atoms with van der Waals surface area (Å²) in [6, 6.07) is 2.19. The Morgan fingerprint density at radius 2 is 2.06 bits per heavy atom. The van der Waals surface area contributed by atoms with Crippen molar-refractivity contribution in [1.82, 2.24) is 9.78 Å². The summed E-state index contributed by atoms with van der Waals surface area (Å²) < 4.78 is 2.10. The molecule has 0 aromatic carbocycles. The van der Waals surface area contributed by atoms with Gasteiger partial charge in [-0.1, -0.05) is 39.9 Å². The summed E-state index contributed by atoms with van der Waals surface area (Å²) in [5.74, 6) is 0. The third-order valence-electron chi connectivity index (χ3n) is 3.25. The number of hydrogen-bond donors (Lipinski definition) is 1. The molecule has 3 nitrogen and oxygen atoms in total. The standard InChI is InChI=1S/C13H23N3S/c1-5-10-9-11(6-2)16(15-10)8-7-13(3,4)12(14)17/h9H,5-8H2,1-4H3,(H2,14,17). The molecule has 0 fully saturated rings. The van der Waals surface area contributed by atoms with Crippen LogP contribution in [0.5, 0.6) is 0 Å². The molecule has 2 N–H and O–H groups in total. The Kier molecular flexibility index (Phi) is 4.69. The molecule has 0 bridgehead atoms. The number of hydrogen-bond acceptors (Lipinski definition) is 2. The second-order valence-electron chi connectivity index (χ2n) is 5.06. The molecule has 0 saturated heterocycles. The minimum Gasteiger partial charge on any atom is -0.393 e. The van der Waals surface area contributed by atoms with E-state index in [-0.39, 0.29) is 5.41 Å². The molecule has 1 aromatic heterocycles. The van der Waals surface area contributed by atoms with E-state index in [0.717, 1.165) is 31.5 Å². The van der Waals surface area contributed by atoms with Gasteiger partial charge in [-0.25, -0.2) is 0 Å². The summed E-state index contributed by atoms with van der Waals surface area (Å²) in [6.45, 7) is 9.35. The van der Waals surface area contributed by atoms with Gasteiger partial charge < -0.3 is 5.73 Å². The van der Waals surface area contributed by atoms with Crippen molar-refractivity contribution in [2.45, 2.75) is 53.5 Å². The zero-order chi connectivity index (χ0) is 13.1. The van der Waals surface area contributed by atoms with Crippen LogP contribution in [-0.2, 0) is 19.4 Å². The molecular weight excluding hydrogens is 230 g/mol. The quantitative estimate of drug-likeness (QED) is 0.793. The third kappa shape index (κ3) is 3.53. The van der Waals surface area contributed by atoms with Crippen LogP contribution in [0, 0.1) is 5.41 Å². The highest BCUT2D eigenvalue weighted by Crippen LogP contribution is 2.22. The van der Waals surface area contributed by atoms with E-state index in [9.17, 15) is 0 Å². The van der Waals surface area contributed by atoms with Gasteiger partial charge in [0.25, 0.3) is 0 Å². The second-order valence-corrected chi connectivity index (χ2v) is 5.50. The highest BCUT2D eigenvalue weighted by atomic mass is 32.1. The van der Waals surface area contributed by atoms with Gasteiger partial charge in [0.2, 0.25) is 0 Å². The summed E-state index contributed by atoms with van der Waals surface area (Å²) >= 11 is 5.08. The molecule has 17 heavy (non-hydrogen) atoms. The summed E-state index contributed by atoms with van der Waals surface area (Å²) in [5.41, 5.74) is 8.09. The average molecular weight is 253 g/mol. The van der Waals surface area contributed by atoms with Crippen LogP contribution in [0.4, 0.5) is 0 Å². The second kappa shape index (κ2) is 5.63. The molecule has 96 valence electrons. The van der Waals surface area contributed by atoms with Gasteiger partial charge in [0.05, 0.1) is 10.7 Å². The summed E-state index contributed by atoms with van der Waals surface area (Å²) in [7, 11) is 0. The first kappa shape index (κ1) is 14.2. The first-order valence-corrected chi connectivity index (χ1v) is 6.67. The van der Waals surface area contributed by atoms with E-state index in [2.05, 4.69) is 43.5 Å². The van der Waals surface area contributed by atoms with Gasteiger partial charge in [-0.3, -0.25) is 4.68 Å². The van der Waals surface area contributed by atoms with Gasteiger partial charge >= 0.3 is 0 Å². The molecular formula is C13H23N3S. The van der Waals surface area contributed by atoms with Crippen LogP contribution in [0.2, 0.25) is 0 Å². The van der Waals surface area contributed by atoms with E-state index >= 15 is 0 Å². The lowest BCUT2D eigenvalue weighted by molar-refractivity contribution is 0.411. The minimum atomic E-state index is -0.0985. The Balaban J connectivity index is 2.75. The van der Waals surface area contributed by atoms with Crippen molar-refractivity contribution in [1.29, 1.82) is 0 Å². The Bertz CT molecular complexity index is 393. The molecule has 0 amide bonds. The van der Waals surface area contributed by atoms with Crippen molar-refractivity contribution in [2.75, 3.05) is 0 Å². The fourth-order valence-corrected chi connectivity index (χ4v) is 1.78. The lowest BCUT2D eigenvalue weighted by Crippen LogP contribution is -2.31. The SMILES string of the molecule is CCc1cc(CC)n(CCC(C)(C)C(N)=S)n1. The maximum absolute atomic E-state index is 5.74. The molecule has 0 unspecified atom stereocenters. The van der Waals surface area contributed by atoms with E-state index in [1.54, 1.807) is 0 Å². The Labute approximate surface area is 109 Å². The van der Waals surface area contributed by atoms with E-state index in [0.29, 0.717) is 4.99 Å². The van der Waals surface area contributed by atoms with Crippen molar-refractivity contribution in [2.24, 2.45) is 11.1 Å². The zero-order valence-electron chi connectivity index (χ0n) is 11.3. The zero-order valence-corrected chi connectivity index (χ0v) is 12.1. The average Bonchev–Trinajstić information content (AvgIpc) is 2.68. The lowest BCUT2D eigenvalue weighted by atomic mass is 9.89. The van der Waals surface area contributed by atoms with Crippen LogP contribution in [0.3, 0.4) is 0 Å². The van der Waals surface area contributed by atoms with Crippen LogP contribution in [-0.4, -0.2) is 14.8 Å². The van der Waals surface area contributed by atoms with Gasteiger partial charge in [-0.15, -0.1) is 0 Å². The first-order chi connectivity index (χ1) is 7.90. The minimum absolute atomic E-state index is 0.0985. The molecule has 0 aliphatic rings.